The maximum atomic E-state index is 11.5. The van der Waals surface area contributed by atoms with Crippen molar-refractivity contribution >= 4 is 5.91 Å². The molecule has 0 aliphatic carbocycles. The van der Waals surface area contributed by atoms with Crippen LogP contribution in [0.2, 0.25) is 0 Å². The van der Waals surface area contributed by atoms with Crippen molar-refractivity contribution in [3.05, 3.63) is 17.5 Å². The highest BCUT2D eigenvalue weighted by Crippen LogP contribution is 2.02. The Bertz CT molecular complexity index is 343. The summed E-state index contributed by atoms with van der Waals surface area (Å²) in [5, 5.41) is 6.93. The lowest BCUT2D eigenvalue weighted by atomic mass is 10.2. The molecule has 5 heteroatoms. The quantitative estimate of drug-likeness (QED) is 0.718. The maximum Gasteiger partial charge on any atom is 0.226 e. The SMILES string of the molecule is Cc1cc(CC(=O)NCC(C)N)n(C)n1. The minimum absolute atomic E-state index is 0.0118. The number of rotatable bonds is 4. The minimum Gasteiger partial charge on any atom is -0.354 e. The average molecular weight is 210 g/mol. The first kappa shape index (κ1) is 11.7. The van der Waals surface area contributed by atoms with Crippen LogP contribution in [0.5, 0.6) is 0 Å². The van der Waals surface area contributed by atoms with E-state index in [0.717, 1.165) is 11.4 Å². The molecule has 0 saturated heterocycles. The number of carbonyl (C=O) groups is 1. The van der Waals surface area contributed by atoms with Crippen molar-refractivity contribution in [3.8, 4) is 0 Å². The molecular weight excluding hydrogens is 192 g/mol. The van der Waals surface area contributed by atoms with Gasteiger partial charge in [0, 0.05) is 25.3 Å². The zero-order valence-corrected chi connectivity index (χ0v) is 9.45. The summed E-state index contributed by atoms with van der Waals surface area (Å²) in [4.78, 5) is 11.5. The fraction of sp³-hybridized carbons (Fsp3) is 0.600. The Labute approximate surface area is 89.6 Å². The highest BCUT2D eigenvalue weighted by atomic mass is 16.1. The topological polar surface area (TPSA) is 72.9 Å². The molecule has 0 spiro atoms. The number of amides is 1. The predicted molar refractivity (Wildman–Crippen MR) is 58.3 cm³/mol. The van der Waals surface area contributed by atoms with Crippen LogP contribution < -0.4 is 11.1 Å². The molecule has 1 unspecified atom stereocenters. The molecule has 1 aromatic heterocycles. The molecule has 0 aromatic carbocycles. The van der Waals surface area contributed by atoms with Crippen LogP contribution >= 0.6 is 0 Å². The largest absolute Gasteiger partial charge is 0.354 e. The molecule has 0 fully saturated rings. The number of hydrogen-bond acceptors (Lipinski definition) is 3. The van der Waals surface area contributed by atoms with Gasteiger partial charge in [0.05, 0.1) is 12.1 Å². The molecule has 1 heterocycles. The maximum absolute atomic E-state index is 11.5. The number of nitrogens with one attached hydrogen (secondary N) is 1. The standard InChI is InChI=1S/C10H18N4O/c1-7(11)6-12-10(15)5-9-4-8(2)13-14(9)3/h4,7H,5-6,11H2,1-3H3,(H,12,15). The van der Waals surface area contributed by atoms with Gasteiger partial charge in [0.15, 0.2) is 0 Å². The molecule has 0 saturated carbocycles. The lowest BCUT2D eigenvalue weighted by Gasteiger charge is -2.07. The van der Waals surface area contributed by atoms with E-state index in [1.807, 2.05) is 27.0 Å². The Morgan fingerprint density at radius 2 is 2.40 bits per heavy atom. The third-order valence-corrected chi connectivity index (χ3v) is 2.06. The van der Waals surface area contributed by atoms with E-state index in [4.69, 9.17) is 5.73 Å². The van der Waals surface area contributed by atoms with Gasteiger partial charge in [0.25, 0.3) is 0 Å². The monoisotopic (exact) mass is 210 g/mol. The third kappa shape index (κ3) is 3.71. The van der Waals surface area contributed by atoms with E-state index in [1.165, 1.54) is 0 Å². The average Bonchev–Trinajstić information content (AvgIpc) is 2.42. The summed E-state index contributed by atoms with van der Waals surface area (Å²) in [6.45, 7) is 4.27. The van der Waals surface area contributed by atoms with Crippen molar-refractivity contribution in [2.75, 3.05) is 6.54 Å². The number of hydrogen-bond donors (Lipinski definition) is 2. The minimum atomic E-state index is -0.0182. The van der Waals surface area contributed by atoms with Crippen LogP contribution in [-0.2, 0) is 18.3 Å². The van der Waals surface area contributed by atoms with Crippen molar-refractivity contribution in [3.63, 3.8) is 0 Å². The second kappa shape index (κ2) is 4.93. The lowest BCUT2D eigenvalue weighted by Crippen LogP contribution is -2.36. The zero-order chi connectivity index (χ0) is 11.4. The summed E-state index contributed by atoms with van der Waals surface area (Å²) < 4.78 is 1.72. The molecular formula is C10H18N4O. The van der Waals surface area contributed by atoms with E-state index < -0.39 is 0 Å². The molecule has 5 nitrogen and oxygen atoms in total. The van der Waals surface area contributed by atoms with Crippen LogP contribution in [0.3, 0.4) is 0 Å². The van der Waals surface area contributed by atoms with Crippen LogP contribution in [0.1, 0.15) is 18.3 Å². The second-order valence-electron chi connectivity index (χ2n) is 3.86. The highest BCUT2D eigenvalue weighted by Gasteiger charge is 2.08. The molecule has 1 rings (SSSR count). The van der Waals surface area contributed by atoms with E-state index in [0.29, 0.717) is 13.0 Å². The molecule has 0 bridgehead atoms. The Morgan fingerprint density at radius 3 is 2.87 bits per heavy atom. The van der Waals surface area contributed by atoms with Crippen molar-refractivity contribution in [1.82, 2.24) is 15.1 Å². The summed E-state index contributed by atoms with van der Waals surface area (Å²) in [5.41, 5.74) is 7.37. The molecule has 1 amide bonds. The van der Waals surface area contributed by atoms with Gasteiger partial charge < -0.3 is 11.1 Å². The van der Waals surface area contributed by atoms with Gasteiger partial charge in [0.2, 0.25) is 5.91 Å². The zero-order valence-electron chi connectivity index (χ0n) is 9.45. The Morgan fingerprint density at radius 1 is 1.73 bits per heavy atom. The van der Waals surface area contributed by atoms with Crippen molar-refractivity contribution in [2.45, 2.75) is 26.3 Å². The molecule has 3 N–H and O–H groups in total. The molecule has 0 aliphatic rings. The van der Waals surface area contributed by atoms with Crippen LogP contribution in [-0.4, -0.2) is 28.3 Å². The van der Waals surface area contributed by atoms with Crippen molar-refractivity contribution in [1.29, 1.82) is 0 Å². The van der Waals surface area contributed by atoms with E-state index in [1.54, 1.807) is 4.68 Å². The Balaban J connectivity index is 2.48. The summed E-state index contributed by atoms with van der Waals surface area (Å²) in [6, 6.07) is 1.90. The van der Waals surface area contributed by atoms with Gasteiger partial charge in [-0.1, -0.05) is 0 Å². The predicted octanol–water partition coefficient (Wildman–Crippen LogP) is -0.266. The summed E-state index contributed by atoms with van der Waals surface area (Å²) in [6.07, 6.45) is 0.351. The van der Waals surface area contributed by atoms with E-state index in [9.17, 15) is 4.79 Å². The number of carbonyl (C=O) groups excluding carboxylic acids is 1. The third-order valence-electron chi connectivity index (χ3n) is 2.06. The van der Waals surface area contributed by atoms with Crippen molar-refractivity contribution in [2.24, 2.45) is 12.8 Å². The first-order valence-corrected chi connectivity index (χ1v) is 5.01. The highest BCUT2D eigenvalue weighted by molar-refractivity contribution is 5.78. The van der Waals surface area contributed by atoms with Gasteiger partial charge in [-0.15, -0.1) is 0 Å². The smallest absolute Gasteiger partial charge is 0.226 e. The Hall–Kier alpha value is -1.36. The molecule has 1 atom stereocenters. The van der Waals surface area contributed by atoms with Gasteiger partial charge >= 0.3 is 0 Å². The van der Waals surface area contributed by atoms with Gasteiger partial charge in [-0.2, -0.15) is 5.10 Å². The fourth-order valence-electron chi connectivity index (χ4n) is 1.33. The number of nitrogens with two attached hydrogens (primary N) is 1. The normalized spacial score (nSPS) is 12.5. The van der Waals surface area contributed by atoms with E-state index in [-0.39, 0.29) is 11.9 Å². The summed E-state index contributed by atoms with van der Waals surface area (Å²) in [7, 11) is 1.83. The van der Waals surface area contributed by atoms with Crippen LogP contribution in [0.15, 0.2) is 6.07 Å². The van der Waals surface area contributed by atoms with E-state index in [2.05, 4.69) is 10.4 Å². The first-order valence-electron chi connectivity index (χ1n) is 5.01. The first-order chi connectivity index (χ1) is 6.99. The summed E-state index contributed by atoms with van der Waals surface area (Å²) in [5.74, 6) is -0.0182. The Kier molecular flexibility index (Phi) is 3.85. The summed E-state index contributed by atoms with van der Waals surface area (Å²) >= 11 is 0. The van der Waals surface area contributed by atoms with Gasteiger partial charge in [-0.25, -0.2) is 0 Å². The van der Waals surface area contributed by atoms with Gasteiger partial charge in [-0.3, -0.25) is 9.48 Å². The molecule has 0 radical (unpaired) electrons. The van der Waals surface area contributed by atoms with Gasteiger partial charge in [-0.05, 0) is 19.9 Å². The van der Waals surface area contributed by atoms with Crippen LogP contribution in [0.25, 0.3) is 0 Å². The number of aromatic nitrogens is 2. The van der Waals surface area contributed by atoms with Crippen LogP contribution in [0.4, 0.5) is 0 Å². The fourth-order valence-corrected chi connectivity index (χ4v) is 1.33. The molecule has 0 aliphatic heterocycles. The molecule has 15 heavy (non-hydrogen) atoms. The molecule has 84 valence electrons. The molecule has 1 aromatic rings. The number of aryl methyl sites for hydroxylation is 2. The lowest BCUT2D eigenvalue weighted by molar-refractivity contribution is -0.120. The van der Waals surface area contributed by atoms with Gasteiger partial charge in [0.1, 0.15) is 0 Å². The second-order valence-corrected chi connectivity index (χ2v) is 3.86. The van der Waals surface area contributed by atoms with Crippen molar-refractivity contribution < 1.29 is 4.79 Å². The number of nitrogens with zero attached hydrogens (tertiary/aromatic N) is 2. The van der Waals surface area contributed by atoms with Crippen LogP contribution in [0, 0.1) is 6.92 Å². The van der Waals surface area contributed by atoms with E-state index >= 15 is 0 Å².